The number of nitrogens with one attached hydrogen (secondary N) is 2. The fraction of sp³-hybridized carbons (Fsp3) is 0.375. The molecule has 1 fully saturated rings. The van der Waals surface area contributed by atoms with Crippen LogP contribution in [0.3, 0.4) is 0 Å². The quantitative estimate of drug-likeness (QED) is 0.714. The Morgan fingerprint density at radius 3 is 2.43 bits per heavy atom. The first-order chi connectivity index (χ1) is 13.6. The van der Waals surface area contributed by atoms with Crippen LogP contribution in [0, 0.1) is 13.8 Å². The molecule has 0 saturated carbocycles. The maximum atomic E-state index is 13.1. The molecule has 0 aliphatic carbocycles. The molecule has 0 bridgehead atoms. The number of amides is 1. The summed E-state index contributed by atoms with van der Waals surface area (Å²) >= 11 is 0. The van der Waals surface area contributed by atoms with E-state index in [1.807, 2.05) is 50.2 Å². The number of rotatable bonds is 4. The Morgan fingerprint density at radius 1 is 1.00 bits per heavy atom. The maximum absolute atomic E-state index is 13.1. The second-order valence-corrected chi connectivity index (χ2v) is 7.98. The summed E-state index contributed by atoms with van der Waals surface area (Å²) in [5, 5.41) is 4.01. The number of benzene rings is 2. The Hall–Kier alpha value is -2.59. The number of fused-ring (bicyclic) bond motifs is 1. The third-order valence-electron chi connectivity index (χ3n) is 5.77. The van der Waals surface area contributed by atoms with Crippen LogP contribution in [0.4, 0.5) is 5.69 Å². The predicted molar refractivity (Wildman–Crippen MR) is 113 cm³/mol. The first-order valence-corrected chi connectivity index (χ1v) is 10.3. The van der Waals surface area contributed by atoms with Crippen molar-refractivity contribution in [3.05, 3.63) is 64.9 Å². The minimum atomic E-state index is -0.0987. The van der Waals surface area contributed by atoms with Gasteiger partial charge in [-0.1, -0.05) is 29.8 Å². The van der Waals surface area contributed by atoms with Crippen molar-refractivity contribution in [1.29, 1.82) is 0 Å². The van der Waals surface area contributed by atoms with Crippen LogP contribution in [0.25, 0.3) is 11.0 Å². The van der Waals surface area contributed by atoms with Crippen molar-refractivity contribution in [1.82, 2.24) is 0 Å². The molecule has 4 nitrogen and oxygen atoms in total. The Balaban J connectivity index is 1.66. The summed E-state index contributed by atoms with van der Waals surface area (Å²) in [6, 6.07) is 14.0. The van der Waals surface area contributed by atoms with Gasteiger partial charge in [0.1, 0.15) is 17.9 Å². The van der Waals surface area contributed by atoms with Gasteiger partial charge in [0.25, 0.3) is 5.91 Å². The molecular weight excluding hydrogens is 348 g/mol. The topological polar surface area (TPSA) is 46.7 Å². The van der Waals surface area contributed by atoms with Crippen LogP contribution in [0.2, 0.25) is 0 Å². The minimum absolute atomic E-state index is 0.0987. The highest BCUT2D eigenvalue weighted by atomic mass is 16.3. The van der Waals surface area contributed by atoms with Gasteiger partial charge >= 0.3 is 0 Å². The Kier molecular flexibility index (Phi) is 5.49. The van der Waals surface area contributed by atoms with Gasteiger partial charge in [-0.2, -0.15) is 0 Å². The molecule has 0 radical (unpaired) electrons. The first-order valence-electron chi connectivity index (χ1n) is 10.3. The maximum Gasteiger partial charge on any atom is 0.259 e. The van der Waals surface area contributed by atoms with Gasteiger partial charge in [-0.3, -0.25) is 4.79 Å². The highest BCUT2D eigenvalue weighted by Gasteiger charge is 2.23. The van der Waals surface area contributed by atoms with Crippen molar-refractivity contribution in [3.8, 4) is 0 Å². The second kappa shape index (κ2) is 8.19. The van der Waals surface area contributed by atoms with Gasteiger partial charge in [0.15, 0.2) is 0 Å². The lowest BCUT2D eigenvalue weighted by Crippen LogP contribution is -3.10. The number of aryl methyl sites for hydroxylation is 2. The van der Waals surface area contributed by atoms with E-state index in [1.165, 1.54) is 49.9 Å². The summed E-state index contributed by atoms with van der Waals surface area (Å²) in [4.78, 5) is 14.7. The normalized spacial score (nSPS) is 15.5. The van der Waals surface area contributed by atoms with E-state index in [0.29, 0.717) is 11.3 Å². The van der Waals surface area contributed by atoms with Crippen molar-refractivity contribution < 1.29 is 14.1 Å². The lowest BCUT2D eigenvalue weighted by molar-refractivity contribution is -0.913. The summed E-state index contributed by atoms with van der Waals surface area (Å²) < 4.78 is 5.96. The summed E-state index contributed by atoms with van der Waals surface area (Å²) in [6.45, 7) is 7.28. The highest BCUT2D eigenvalue weighted by molar-refractivity contribution is 6.14. The number of furan rings is 1. The van der Waals surface area contributed by atoms with Gasteiger partial charge in [-0.05, 0) is 57.7 Å². The number of hydrogen-bond donors (Lipinski definition) is 2. The molecule has 1 aromatic heterocycles. The fourth-order valence-corrected chi connectivity index (χ4v) is 4.26. The number of carbonyl (C=O) groups excluding carboxylic acids is 1. The molecule has 4 heteroatoms. The largest absolute Gasteiger partial charge is 0.460 e. The molecule has 0 unspecified atom stereocenters. The molecule has 2 aromatic carbocycles. The molecule has 146 valence electrons. The lowest BCUT2D eigenvalue weighted by atomic mass is 10.0. The average Bonchev–Trinajstić information content (AvgIpc) is 2.84. The number of carbonyl (C=O) groups is 1. The second-order valence-electron chi connectivity index (χ2n) is 7.98. The highest BCUT2D eigenvalue weighted by Crippen LogP contribution is 2.29. The average molecular weight is 378 g/mol. The predicted octanol–water partition coefficient (Wildman–Crippen LogP) is 4.26. The number of likely N-dealkylation sites (tertiary alicyclic amines) is 1. The zero-order valence-corrected chi connectivity index (χ0v) is 16.8. The molecule has 0 spiro atoms. The van der Waals surface area contributed by atoms with Crippen LogP contribution in [0.1, 0.15) is 52.9 Å². The molecule has 2 heterocycles. The summed E-state index contributed by atoms with van der Waals surface area (Å²) in [5.41, 5.74) is 4.66. The smallest absolute Gasteiger partial charge is 0.259 e. The molecule has 1 amide bonds. The standard InChI is InChI=1S/C24H28N2O2/c1-17-10-12-20(13-11-17)25-24(27)22-18(2)28-21-9-7-8-19(23(21)22)16-26-14-5-3-4-6-15-26/h7-13H,3-6,14-16H2,1-2H3,(H,25,27)/p+1. The van der Waals surface area contributed by atoms with Gasteiger partial charge in [-0.15, -0.1) is 0 Å². The van der Waals surface area contributed by atoms with E-state index < -0.39 is 0 Å². The molecule has 3 aromatic rings. The van der Waals surface area contributed by atoms with Gasteiger partial charge in [0.2, 0.25) is 0 Å². The van der Waals surface area contributed by atoms with E-state index in [4.69, 9.17) is 4.42 Å². The summed E-state index contributed by atoms with van der Waals surface area (Å²) in [5.74, 6) is 0.580. The fourth-order valence-electron chi connectivity index (χ4n) is 4.26. The molecule has 1 aliphatic heterocycles. The monoisotopic (exact) mass is 377 g/mol. The first kappa shape index (κ1) is 18.8. The Morgan fingerprint density at radius 2 is 1.71 bits per heavy atom. The van der Waals surface area contributed by atoms with Gasteiger partial charge in [0, 0.05) is 16.6 Å². The molecular formula is C24H29N2O2+. The number of hydrogen-bond acceptors (Lipinski definition) is 2. The van der Waals surface area contributed by atoms with E-state index in [-0.39, 0.29) is 5.91 Å². The molecule has 0 atom stereocenters. The van der Waals surface area contributed by atoms with E-state index in [9.17, 15) is 4.79 Å². The SMILES string of the molecule is Cc1ccc(NC(=O)c2c(C)oc3cccc(C[NH+]4CCCCCC4)c23)cc1. The van der Waals surface area contributed by atoms with Gasteiger partial charge < -0.3 is 14.6 Å². The zero-order chi connectivity index (χ0) is 19.5. The van der Waals surface area contributed by atoms with Crippen LogP contribution in [-0.2, 0) is 6.54 Å². The van der Waals surface area contributed by atoms with E-state index in [1.54, 1.807) is 4.90 Å². The molecule has 2 N–H and O–H groups in total. The number of anilines is 1. The Bertz CT molecular complexity index is 964. The van der Waals surface area contributed by atoms with Crippen molar-refractivity contribution in [2.75, 3.05) is 18.4 Å². The van der Waals surface area contributed by atoms with Crippen molar-refractivity contribution in [2.24, 2.45) is 0 Å². The van der Waals surface area contributed by atoms with Crippen LogP contribution < -0.4 is 10.2 Å². The van der Waals surface area contributed by atoms with E-state index in [0.717, 1.165) is 23.2 Å². The summed E-state index contributed by atoms with van der Waals surface area (Å²) in [7, 11) is 0. The van der Waals surface area contributed by atoms with Crippen molar-refractivity contribution in [2.45, 2.75) is 46.1 Å². The van der Waals surface area contributed by atoms with Crippen LogP contribution in [0.5, 0.6) is 0 Å². The Labute approximate surface area is 166 Å². The molecule has 1 aliphatic rings. The third-order valence-corrected chi connectivity index (χ3v) is 5.77. The van der Waals surface area contributed by atoms with Gasteiger partial charge in [0.05, 0.1) is 18.7 Å². The third kappa shape index (κ3) is 3.97. The van der Waals surface area contributed by atoms with Crippen molar-refractivity contribution in [3.63, 3.8) is 0 Å². The minimum Gasteiger partial charge on any atom is -0.460 e. The van der Waals surface area contributed by atoms with Gasteiger partial charge in [-0.25, -0.2) is 0 Å². The van der Waals surface area contributed by atoms with E-state index in [2.05, 4.69) is 11.4 Å². The summed E-state index contributed by atoms with van der Waals surface area (Å²) in [6.07, 6.45) is 5.25. The van der Waals surface area contributed by atoms with Crippen LogP contribution >= 0.6 is 0 Å². The molecule has 1 saturated heterocycles. The van der Waals surface area contributed by atoms with E-state index >= 15 is 0 Å². The number of quaternary nitrogens is 1. The lowest BCUT2D eigenvalue weighted by Gasteiger charge is -2.17. The van der Waals surface area contributed by atoms with Crippen LogP contribution in [0.15, 0.2) is 46.9 Å². The zero-order valence-electron chi connectivity index (χ0n) is 16.8. The van der Waals surface area contributed by atoms with Crippen LogP contribution in [-0.4, -0.2) is 19.0 Å². The molecule has 28 heavy (non-hydrogen) atoms. The molecule has 4 rings (SSSR count). The van der Waals surface area contributed by atoms with Crippen molar-refractivity contribution >= 4 is 22.6 Å².